The first kappa shape index (κ1) is 20.3. The fraction of sp³-hybridized carbons (Fsp3) is 0.882. The number of thioether (sulfide) groups is 1. The van der Waals surface area contributed by atoms with Crippen molar-refractivity contribution in [2.24, 2.45) is 5.73 Å². The average molecular weight is 372 g/mol. The number of carbonyl (C=O) groups is 2. The van der Waals surface area contributed by atoms with Crippen molar-refractivity contribution in [2.75, 3.05) is 25.9 Å². The van der Waals surface area contributed by atoms with Crippen molar-refractivity contribution in [3.8, 4) is 0 Å². The Kier molecular flexibility index (Phi) is 8.84. The maximum absolute atomic E-state index is 12.2. The molecule has 2 rings (SSSR count). The minimum absolute atomic E-state index is 0.0373. The van der Waals surface area contributed by atoms with Gasteiger partial charge >= 0.3 is 6.03 Å². The highest BCUT2D eigenvalue weighted by Crippen LogP contribution is 2.33. The zero-order valence-electron chi connectivity index (χ0n) is 15.2. The summed E-state index contributed by atoms with van der Waals surface area (Å²) >= 11 is 1.93. The maximum Gasteiger partial charge on any atom is 0.315 e. The zero-order valence-corrected chi connectivity index (χ0v) is 16.0. The van der Waals surface area contributed by atoms with Crippen molar-refractivity contribution in [1.82, 2.24) is 21.3 Å². The number of carbonyl (C=O) groups excluding carboxylic acids is 2. The Labute approximate surface area is 155 Å². The molecular formula is C17H33N5O2S. The second-order valence-electron chi connectivity index (χ2n) is 6.96. The van der Waals surface area contributed by atoms with E-state index in [0.29, 0.717) is 18.2 Å². The zero-order chi connectivity index (χ0) is 18.1. The predicted octanol–water partition coefficient (Wildman–Crippen LogP) is 0.545. The van der Waals surface area contributed by atoms with Gasteiger partial charge in [0.25, 0.3) is 0 Å². The SMILES string of the molecule is CNCCC(CCCN)NC(=O)CCCC[C@@H]1SC[C@@H]2NC(=O)N[C@@H]21. The third-order valence-electron chi connectivity index (χ3n) is 4.95. The van der Waals surface area contributed by atoms with Gasteiger partial charge < -0.3 is 27.0 Å². The van der Waals surface area contributed by atoms with E-state index in [1.165, 1.54) is 0 Å². The van der Waals surface area contributed by atoms with Gasteiger partial charge in [0.05, 0.1) is 12.1 Å². The fourth-order valence-electron chi connectivity index (χ4n) is 3.55. The van der Waals surface area contributed by atoms with Gasteiger partial charge in [-0.2, -0.15) is 11.8 Å². The number of hydrogen-bond donors (Lipinski definition) is 5. The van der Waals surface area contributed by atoms with E-state index >= 15 is 0 Å². The summed E-state index contributed by atoms with van der Waals surface area (Å²) in [6, 6.07) is 0.717. The highest BCUT2D eigenvalue weighted by Gasteiger charge is 2.42. The molecule has 25 heavy (non-hydrogen) atoms. The Balaban J connectivity index is 1.60. The highest BCUT2D eigenvalue weighted by molar-refractivity contribution is 8.00. The van der Waals surface area contributed by atoms with Gasteiger partial charge in [-0.1, -0.05) is 6.42 Å². The van der Waals surface area contributed by atoms with Crippen LogP contribution in [0.1, 0.15) is 44.9 Å². The largest absolute Gasteiger partial charge is 0.353 e. The molecule has 0 aromatic heterocycles. The van der Waals surface area contributed by atoms with E-state index in [0.717, 1.165) is 50.8 Å². The molecule has 0 aromatic rings. The van der Waals surface area contributed by atoms with Crippen molar-refractivity contribution in [3.05, 3.63) is 0 Å². The quantitative estimate of drug-likeness (QED) is 0.254. The smallest absolute Gasteiger partial charge is 0.315 e. The van der Waals surface area contributed by atoms with Gasteiger partial charge in [0.15, 0.2) is 0 Å². The van der Waals surface area contributed by atoms with Crippen LogP contribution in [0.15, 0.2) is 0 Å². The molecule has 0 saturated carbocycles. The Morgan fingerprint density at radius 1 is 1.32 bits per heavy atom. The number of rotatable bonds is 12. The molecule has 6 N–H and O–H groups in total. The van der Waals surface area contributed by atoms with Crippen LogP contribution in [0.3, 0.4) is 0 Å². The lowest BCUT2D eigenvalue weighted by molar-refractivity contribution is -0.122. The van der Waals surface area contributed by atoms with Crippen LogP contribution in [0, 0.1) is 0 Å². The molecule has 2 fully saturated rings. The van der Waals surface area contributed by atoms with E-state index in [-0.39, 0.29) is 30.1 Å². The average Bonchev–Trinajstić information content (AvgIpc) is 3.13. The fourth-order valence-corrected chi connectivity index (χ4v) is 5.09. The minimum Gasteiger partial charge on any atom is -0.353 e. The van der Waals surface area contributed by atoms with Crippen molar-refractivity contribution < 1.29 is 9.59 Å². The molecule has 4 atom stereocenters. The second-order valence-corrected chi connectivity index (χ2v) is 8.23. The summed E-state index contributed by atoms with van der Waals surface area (Å²) in [6.07, 6.45) is 6.38. The normalized spacial score (nSPS) is 26.0. The summed E-state index contributed by atoms with van der Waals surface area (Å²) in [4.78, 5) is 23.5. The van der Waals surface area contributed by atoms with Crippen LogP contribution in [0.5, 0.6) is 0 Å². The molecule has 0 bridgehead atoms. The number of nitrogens with two attached hydrogens (primary N) is 1. The number of nitrogens with one attached hydrogen (secondary N) is 4. The Hall–Kier alpha value is -0.990. The second kappa shape index (κ2) is 10.9. The molecule has 0 aromatic carbocycles. The van der Waals surface area contributed by atoms with Crippen molar-refractivity contribution in [2.45, 2.75) is 68.3 Å². The van der Waals surface area contributed by atoms with Gasteiger partial charge in [-0.15, -0.1) is 0 Å². The molecule has 0 aliphatic carbocycles. The Morgan fingerprint density at radius 3 is 2.92 bits per heavy atom. The van der Waals surface area contributed by atoms with E-state index in [1.54, 1.807) is 0 Å². The van der Waals surface area contributed by atoms with Crippen LogP contribution in [-0.2, 0) is 4.79 Å². The van der Waals surface area contributed by atoms with Crippen molar-refractivity contribution in [3.63, 3.8) is 0 Å². The molecule has 2 heterocycles. The third-order valence-corrected chi connectivity index (χ3v) is 6.45. The van der Waals surface area contributed by atoms with Gasteiger partial charge in [0, 0.05) is 23.5 Å². The Bertz CT molecular complexity index is 429. The molecule has 0 spiro atoms. The molecule has 1 unspecified atom stereocenters. The molecule has 3 amide bonds. The van der Waals surface area contributed by atoms with Crippen LogP contribution < -0.4 is 27.0 Å². The summed E-state index contributed by atoms with van der Waals surface area (Å²) in [6.45, 7) is 1.56. The van der Waals surface area contributed by atoms with E-state index < -0.39 is 0 Å². The number of amides is 3. The predicted molar refractivity (Wildman–Crippen MR) is 103 cm³/mol. The van der Waals surface area contributed by atoms with Gasteiger partial charge in [-0.05, 0) is 52.2 Å². The standard InChI is InChI=1S/C17H33N5O2S/c1-19-10-8-12(5-4-9-18)20-15(23)7-3-2-6-14-16-13(11-25-14)21-17(24)22-16/h12-14,16,19H,2-11,18H2,1H3,(H,20,23)(H2,21,22,24)/t12?,13-,14-,16-/m0/s1. The van der Waals surface area contributed by atoms with Gasteiger partial charge in [-0.25, -0.2) is 4.79 Å². The van der Waals surface area contributed by atoms with Gasteiger partial charge in [0.2, 0.25) is 5.91 Å². The number of urea groups is 1. The lowest BCUT2D eigenvalue weighted by Crippen LogP contribution is -2.37. The third kappa shape index (κ3) is 6.67. The molecule has 7 nitrogen and oxygen atoms in total. The molecule has 0 radical (unpaired) electrons. The van der Waals surface area contributed by atoms with Crippen LogP contribution in [-0.4, -0.2) is 61.2 Å². The summed E-state index contributed by atoms with van der Waals surface area (Å²) < 4.78 is 0. The number of unbranched alkanes of at least 4 members (excludes halogenated alkanes) is 1. The van der Waals surface area contributed by atoms with E-state index in [4.69, 9.17) is 5.73 Å². The molecule has 2 aliphatic rings. The molecule has 8 heteroatoms. The number of hydrogen-bond acceptors (Lipinski definition) is 5. The minimum atomic E-state index is -0.0373. The lowest BCUT2D eigenvalue weighted by Gasteiger charge is -2.19. The van der Waals surface area contributed by atoms with Gasteiger partial charge in [0.1, 0.15) is 0 Å². The highest BCUT2D eigenvalue weighted by atomic mass is 32.2. The molecule has 2 saturated heterocycles. The van der Waals surface area contributed by atoms with Crippen LogP contribution >= 0.6 is 11.8 Å². The number of fused-ring (bicyclic) bond motifs is 1. The summed E-state index contributed by atoms with van der Waals surface area (Å²) in [5.41, 5.74) is 5.58. The van der Waals surface area contributed by atoms with Crippen molar-refractivity contribution >= 4 is 23.7 Å². The summed E-state index contributed by atoms with van der Waals surface area (Å²) in [5, 5.41) is 12.7. The first-order chi connectivity index (χ1) is 12.1. The van der Waals surface area contributed by atoms with Gasteiger partial charge in [-0.3, -0.25) is 4.79 Å². The topological polar surface area (TPSA) is 108 Å². The van der Waals surface area contributed by atoms with E-state index in [1.807, 2.05) is 18.8 Å². The van der Waals surface area contributed by atoms with Crippen LogP contribution in [0.25, 0.3) is 0 Å². The van der Waals surface area contributed by atoms with E-state index in [9.17, 15) is 9.59 Å². The Morgan fingerprint density at radius 2 is 2.16 bits per heavy atom. The van der Waals surface area contributed by atoms with Crippen LogP contribution in [0.4, 0.5) is 4.79 Å². The maximum atomic E-state index is 12.2. The van der Waals surface area contributed by atoms with Crippen LogP contribution in [0.2, 0.25) is 0 Å². The van der Waals surface area contributed by atoms with E-state index in [2.05, 4.69) is 21.3 Å². The van der Waals surface area contributed by atoms with Crippen molar-refractivity contribution in [1.29, 1.82) is 0 Å². The molecular weight excluding hydrogens is 338 g/mol. The molecule has 2 aliphatic heterocycles. The monoisotopic (exact) mass is 371 g/mol. The lowest BCUT2D eigenvalue weighted by atomic mass is 10.0. The summed E-state index contributed by atoms with van der Waals surface area (Å²) in [5.74, 6) is 1.13. The first-order valence-electron chi connectivity index (χ1n) is 9.46. The summed E-state index contributed by atoms with van der Waals surface area (Å²) in [7, 11) is 1.93. The first-order valence-corrected chi connectivity index (χ1v) is 10.5. The molecule has 144 valence electrons.